The summed E-state index contributed by atoms with van der Waals surface area (Å²) in [5, 5.41) is 28.6. The van der Waals surface area contributed by atoms with E-state index < -0.39 is 5.60 Å². The molecule has 0 radical (unpaired) electrons. The predicted molar refractivity (Wildman–Crippen MR) is 145 cm³/mol. The Morgan fingerprint density at radius 2 is 1.97 bits per heavy atom. The van der Waals surface area contributed by atoms with Crippen LogP contribution >= 0.6 is 0 Å². The van der Waals surface area contributed by atoms with Crippen molar-refractivity contribution in [2.24, 2.45) is 16.8 Å². The van der Waals surface area contributed by atoms with Gasteiger partial charge in [0.25, 0.3) is 0 Å². The minimum absolute atomic E-state index is 0.0583. The average Bonchev–Trinajstić information content (AvgIpc) is 2.92. The Morgan fingerprint density at radius 3 is 2.67 bits per heavy atom. The Bertz CT molecular complexity index is 821. The number of hydrogen-bond acceptors (Lipinski definition) is 5. The zero-order chi connectivity index (χ0) is 25.6. The number of likely N-dealkylation sites (tertiary alicyclic amines) is 1. The highest BCUT2D eigenvalue weighted by Gasteiger charge is 2.41. The minimum atomic E-state index is -0.919. The third kappa shape index (κ3) is 8.19. The number of nitriles is 1. The fourth-order valence-electron chi connectivity index (χ4n) is 6.20. The number of aliphatic hydroxyl groups is 1. The summed E-state index contributed by atoms with van der Waals surface area (Å²) in [7, 11) is 3.71. The molecule has 7 nitrogen and oxygen atoms in total. The van der Waals surface area contributed by atoms with Crippen LogP contribution in [0.4, 0.5) is 0 Å². The van der Waals surface area contributed by atoms with E-state index in [1.807, 2.05) is 43.6 Å². The molecule has 1 aromatic rings. The molecule has 0 bridgehead atoms. The number of unbranched alkanes of at least 4 members (excludes halogenated alkanes) is 1. The van der Waals surface area contributed by atoms with Crippen LogP contribution in [0.3, 0.4) is 0 Å². The third-order valence-corrected chi connectivity index (χ3v) is 8.11. The Balaban J connectivity index is 1.74. The van der Waals surface area contributed by atoms with Crippen molar-refractivity contribution in [1.82, 2.24) is 15.5 Å². The quantitative estimate of drug-likeness (QED) is 0.172. The fraction of sp³-hybridized carbons (Fsp3) is 0.724. The van der Waals surface area contributed by atoms with Gasteiger partial charge >= 0.3 is 0 Å². The molecule has 3 N–H and O–H groups in total. The summed E-state index contributed by atoms with van der Waals surface area (Å²) in [5.41, 5.74) is 0.0594. The van der Waals surface area contributed by atoms with E-state index >= 15 is 0 Å². The van der Waals surface area contributed by atoms with Crippen LogP contribution in [-0.2, 0) is 10.3 Å². The van der Waals surface area contributed by atoms with E-state index in [1.165, 1.54) is 32.1 Å². The second kappa shape index (κ2) is 15.2. The van der Waals surface area contributed by atoms with Crippen LogP contribution in [-0.4, -0.2) is 62.4 Å². The van der Waals surface area contributed by atoms with Gasteiger partial charge in [-0.15, -0.1) is 4.99 Å². The summed E-state index contributed by atoms with van der Waals surface area (Å²) in [6.07, 6.45) is 14.2. The molecule has 0 amide bonds. The Morgan fingerprint density at radius 1 is 1.19 bits per heavy atom. The number of aliphatic imine (C=N–C) groups is 1. The minimum Gasteiger partial charge on any atom is -0.385 e. The van der Waals surface area contributed by atoms with Gasteiger partial charge in [0.15, 0.2) is 0 Å². The molecule has 200 valence electrons. The van der Waals surface area contributed by atoms with Crippen molar-refractivity contribution in [3.63, 3.8) is 0 Å². The molecule has 3 rings (SSSR count). The molecule has 3 atom stereocenters. The summed E-state index contributed by atoms with van der Waals surface area (Å²) in [4.78, 5) is 6.45. The van der Waals surface area contributed by atoms with Crippen LogP contribution in [0.5, 0.6) is 0 Å². The van der Waals surface area contributed by atoms with Gasteiger partial charge in [-0.05, 0) is 57.1 Å². The highest BCUT2D eigenvalue weighted by atomic mass is 16.5. The van der Waals surface area contributed by atoms with E-state index in [2.05, 4.69) is 20.5 Å². The highest BCUT2D eigenvalue weighted by molar-refractivity contribution is 5.81. The van der Waals surface area contributed by atoms with E-state index in [-0.39, 0.29) is 12.0 Å². The molecule has 0 spiro atoms. The predicted octanol–water partition coefficient (Wildman–Crippen LogP) is 4.39. The summed E-state index contributed by atoms with van der Waals surface area (Å²) in [5.74, 6) is 1.45. The van der Waals surface area contributed by atoms with Crippen molar-refractivity contribution in [3.8, 4) is 6.19 Å². The number of guanidine groups is 1. The van der Waals surface area contributed by atoms with Crippen molar-refractivity contribution in [1.29, 1.82) is 5.26 Å². The van der Waals surface area contributed by atoms with Crippen molar-refractivity contribution >= 4 is 5.96 Å². The van der Waals surface area contributed by atoms with Crippen LogP contribution in [0.2, 0.25) is 0 Å². The van der Waals surface area contributed by atoms with Gasteiger partial charge in [0.05, 0.1) is 5.60 Å². The Labute approximate surface area is 218 Å². The first kappa shape index (κ1) is 28.4. The lowest BCUT2D eigenvalue weighted by molar-refractivity contribution is -0.0543. The number of nitrogens with one attached hydrogen (secondary N) is 2. The second-order valence-electron chi connectivity index (χ2n) is 10.7. The molecular formula is C29H47N5O2. The van der Waals surface area contributed by atoms with E-state index in [0.29, 0.717) is 25.5 Å². The van der Waals surface area contributed by atoms with E-state index in [0.717, 1.165) is 56.7 Å². The Hall–Kier alpha value is -2.14. The smallest absolute Gasteiger partial charge is 0.210 e. The molecule has 7 heteroatoms. The zero-order valence-corrected chi connectivity index (χ0v) is 22.4. The molecule has 1 heterocycles. The monoisotopic (exact) mass is 497 g/mol. The third-order valence-electron chi connectivity index (χ3n) is 8.11. The zero-order valence-electron chi connectivity index (χ0n) is 22.4. The first-order chi connectivity index (χ1) is 17.6. The topological polar surface area (TPSA) is 92.9 Å². The maximum Gasteiger partial charge on any atom is 0.210 e. The van der Waals surface area contributed by atoms with Gasteiger partial charge in [0.2, 0.25) is 12.2 Å². The highest BCUT2D eigenvalue weighted by Crippen LogP contribution is 2.39. The number of rotatable bonds is 12. The SMILES string of the molecule is CNC[C@H](CC1CCCCC1)N/C(=N/C#N)N1CCC[C@@H]([C@@](O)(CCCCOC)c2ccccc2)C1. The maximum atomic E-state index is 12.1. The first-order valence-electron chi connectivity index (χ1n) is 14.0. The molecule has 0 unspecified atom stereocenters. The molecule has 1 aromatic carbocycles. The van der Waals surface area contributed by atoms with Crippen molar-refractivity contribution in [3.05, 3.63) is 35.9 Å². The number of benzene rings is 1. The van der Waals surface area contributed by atoms with Crippen molar-refractivity contribution in [2.45, 2.75) is 82.3 Å². The van der Waals surface area contributed by atoms with Crippen LogP contribution in [0.1, 0.15) is 76.2 Å². The normalized spacial score (nSPS) is 22.0. The standard InChI is InChI=1S/C29H47N5O2/c1-31-21-27(20-24-12-5-3-6-13-24)33-28(32-23-30)34-18-11-16-26(22-34)29(35,17-9-10-19-36-2)25-14-7-4-8-15-25/h4,7-8,14-15,24,26-27,31,35H,3,5-6,9-13,16-22H2,1-2H3,(H,32,33)/t26-,27+,29-/m1/s1. The molecular weight excluding hydrogens is 450 g/mol. The molecule has 1 aliphatic heterocycles. The number of ether oxygens (including phenoxy) is 1. The molecule has 2 aliphatic rings. The van der Waals surface area contributed by atoms with E-state index in [1.54, 1.807) is 7.11 Å². The van der Waals surface area contributed by atoms with Gasteiger partial charge in [-0.2, -0.15) is 5.26 Å². The van der Waals surface area contributed by atoms with Crippen molar-refractivity contribution < 1.29 is 9.84 Å². The molecule has 2 fully saturated rings. The van der Waals surface area contributed by atoms with Gasteiger partial charge in [-0.25, -0.2) is 0 Å². The largest absolute Gasteiger partial charge is 0.385 e. The molecule has 1 saturated heterocycles. The Kier molecular flexibility index (Phi) is 12.0. The second-order valence-corrected chi connectivity index (χ2v) is 10.7. The maximum absolute atomic E-state index is 12.1. The van der Waals surface area contributed by atoms with Crippen LogP contribution in [0.25, 0.3) is 0 Å². The lowest BCUT2D eigenvalue weighted by Gasteiger charge is -2.44. The van der Waals surface area contributed by atoms with Gasteiger partial charge in [-0.3, -0.25) is 0 Å². The van der Waals surface area contributed by atoms with Crippen LogP contribution in [0, 0.1) is 23.3 Å². The van der Waals surface area contributed by atoms with E-state index in [9.17, 15) is 10.4 Å². The lowest BCUT2D eigenvalue weighted by Crippen LogP contribution is -2.54. The van der Waals surface area contributed by atoms with Crippen LogP contribution < -0.4 is 10.6 Å². The molecule has 36 heavy (non-hydrogen) atoms. The van der Waals surface area contributed by atoms with Crippen LogP contribution in [0.15, 0.2) is 35.3 Å². The van der Waals surface area contributed by atoms with Gasteiger partial charge < -0.3 is 25.4 Å². The number of likely N-dealkylation sites (N-methyl/N-ethyl adjacent to an activating group) is 1. The first-order valence-corrected chi connectivity index (χ1v) is 14.0. The van der Waals surface area contributed by atoms with Gasteiger partial charge in [0, 0.05) is 45.3 Å². The number of piperidine rings is 1. The number of methoxy groups -OCH3 is 1. The fourth-order valence-corrected chi connectivity index (χ4v) is 6.20. The lowest BCUT2D eigenvalue weighted by atomic mass is 9.74. The van der Waals surface area contributed by atoms with Gasteiger partial charge in [-0.1, -0.05) is 62.4 Å². The summed E-state index contributed by atoms with van der Waals surface area (Å²) in [6.45, 7) is 3.07. The number of nitrogens with zero attached hydrogens (tertiary/aromatic N) is 3. The number of hydrogen-bond donors (Lipinski definition) is 3. The summed E-state index contributed by atoms with van der Waals surface area (Å²) in [6, 6.07) is 10.3. The average molecular weight is 498 g/mol. The summed E-state index contributed by atoms with van der Waals surface area (Å²) < 4.78 is 5.24. The van der Waals surface area contributed by atoms with Crippen molar-refractivity contribution in [2.75, 3.05) is 40.4 Å². The van der Waals surface area contributed by atoms with E-state index in [4.69, 9.17) is 4.74 Å². The summed E-state index contributed by atoms with van der Waals surface area (Å²) >= 11 is 0. The molecule has 1 saturated carbocycles. The van der Waals surface area contributed by atoms with Gasteiger partial charge in [0.1, 0.15) is 0 Å². The molecule has 1 aliphatic carbocycles. The molecule has 0 aromatic heterocycles.